The molecule has 0 saturated heterocycles. The Morgan fingerprint density at radius 1 is 1.18 bits per heavy atom. The van der Waals surface area contributed by atoms with Gasteiger partial charge in [0, 0.05) is 40.5 Å². The van der Waals surface area contributed by atoms with Crippen molar-refractivity contribution in [3.05, 3.63) is 69.7 Å². The minimum atomic E-state index is -1.45. The molecule has 0 unspecified atom stereocenters. The zero-order valence-electron chi connectivity index (χ0n) is 18.8. The van der Waals surface area contributed by atoms with Crippen LogP contribution in [0.25, 0.3) is 21.9 Å². The molecule has 2 aromatic carbocycles. The summed E-state index contributed by atoms with van der Waals surface area (Å²) in [6.07, 6.45) is 0.533. The van der Waals surface area contributed by atoms with Crippen LogP contribution in [0.1, 0.15) is 23.6 Å². The molecule has 1 amide bonds. The van der Waals surface area contributed by atoms with E-state index in [0.29, 0.717) is 27.8 Å². The van der Waals surface area contributed by atoms with Crippen molar-refractivity contribution in [2.45, 2.75) is 39.3 Å². The van der Waals surface area contributed by atoms with Gasteiger partial charge < -0.3 is 34.5 Å². The number of fused-ring (bicyclic) bond motifs is 2. The summed E-state index contributed by atoms with van der Waals surface area (Å²) in [4.78, 5) is 39.3. The summed E-state index contributed by atoms with van der Waals surface area (Å²) in [6.45, 7) is 4.99. The predicted molar refractivity (Wildman–Crippen MR) is 123 cm³/mol. The van der Waals surface area contributed by atoms with Gasteiger partial charge in [-0.1, -0.05) is 0 Å². The molecule has 2 aromatic heterocycles. The minimum absolute atomic E-state index is 0.0428. The van der Waals surface area contributed by atoms with Gasteiger partial charge in [0.1, 0.15) is 17.1 Å². The molecule has 0 saturated carbocycles. The highest BCUT2D eigenvalue weighted by Gasteiger charge is 2.22. The van der Waals surface area contributed by atoms with Gasteiger partial charge in [-0.15, -0.1) is 0 Å². The smallest absolute Gasteiger partial charge is 0.336 e. The van der Waals surface area contributed by atoms with Crippen molar-refractivity contribution in [3.8, 4) is 11.5 Å². The molecule has 9 heteroatoms. The fourth-order valence-electron chi connectivity index (χ4n) is 3.91. The number of phenols is 1. The van der Waals surface area contributed by atoms with E-state index in [0.717, 1.165) is 16.5 Å². The summed E-state index contributed by atoms with van der Waals surface area (Å²) in [5.41, 5.74) is 2.51. The fraction of sp³-hybridized carbons (Fsp3) is 0.240. The van der Waals surface area contributed by atoms with Crippen LogP contribution in [0.5, 0.6) is 11.5 Å². The highest BCUT2D eigenvalue weighted by molar-refractivity contribution is 5.89. The van der Waals surface area contributed by atoms with Crippen LogP contribution in [-0.4, -0.2) is 34.1 Å². The van der Waals surface area contributed by atoms with Gasteiger partial charge in [-0.3, -0.25) is 4.79 Å². The van der Waals surface area contributed by atoms with E-state index in [-0.39, 0.29) is 12.2 Å². The largest absolute Gasteiger partial charge is 0.548 e. The van der Waals surface area contributed by atoms with Gasteiger partial charge in [-0.25, -0.2) is 4.79 Å². The van der Waals surface area contributed by atoms with Crippen LogP contribution < -0.4 is 20.8 Å². The number of carbonyl (C=O) groups is 2. The van der Waals surface area contributed by atoms with Gasteiger partial charge in [-0.05, 0) is 62.2 Å². The van der Waals surface area contributed by atoms with E-state index >= 15 is 0 Å². The lowest BCUT2D eigenvalue weighted by molar-refractivity contribution is -0.308. The number of rotatable bonds is 7. The monoisotopic (exact) mass is 463 g/mol. The summed E-state index contributed by atoms with van der Waals surface area (Å²) < 4.78 is 11.1. The van der Waals surface area contributed by atoms with Crippen molar-refractivity contribution in [1.82, 2.24) is 10.3 Å². The molecule has 2 atom stereocenters. The summed E-state index contributed by atoms with van der Waals surface area (Å²) in [5, 5.41) is 25.3. The molecule has 34 heavy (non-hydrogen) atoms. The topological polar surface area (TPSA) is 145 Å². The van der Waals surface area contributed by atoms with Crippen molar-refractivity contribution in [3.63, 3.8) is 0 Å². The first-order valence-electron chi connectivity index (χ1n) is 10.6. The molecule has 0 aliphatic carbocycles. The number of aromatic hydroxyl groups is 1. The predicted octanol–water partition coefficient (Wildman–Crippen LogP) is 1.84. The molecule has 2 heterocycles. The third-order valence-electron chi connectivity index (χ3n) is 5.77. The van der Waals surface area contributed by atoms with Crippen LogP contribution in [0, 0.1) is 13.8 Å². The number of carbonyl (C=O) groups excluding carboxylic acids is 2. The Kier molecular flexibility index (Phi) is 6.02. The number of aromatic amines is 1. The van der Waals surface area contributed by atoms with Gasteiger partial charge in [0.15, 0.2) is 6.10 Å². The standard InChI is InChI=1S/C25H24N2O7/c1-12-8-22(29)34-23-13(2)21(7-5-17(12)23)33-14(3)24(30)27-20(25(31)32)9-15-11-26-19-6-4-16(28)10-18(15)19/h4-8,10-11,14,20,26,28H,9H2,1-3H3,(H,27,30)(H,31,32)/p-1/t14-,20+/m1/s1. The van der Waals surface area contributed by atoms with Gasteiger partial charge in [0.2, 0.25) is 0 Å². The average Bonchev–Trinajstić information content (AvgIpc) is 3.17. The normalized spacial score (nSPS) is 13.0. The molecule has 0 spiro atoms. The molecule has 0 bridgehead atoms. The first kappa shape index (κ1) is 22.9. The lowest BCUT2D eigenvalue weighted by Crippen LogP contribution is -2.52. The van der Waals surface area contributed by atoms with Gasteiger partial charge in [0.25, 0.3) is 5.91 Å². The number of carboxylic acid groups (broad SMARTS) is 1. The van der Waals surface area contributed by atoms with Gasteiger partial charge in [0.05, 0.1) is 12.0 Å². The zero-order valence-corrected chi connectivity index (χ0v) is 18.8. The molecule has 0 fully saturated rings. The zero-order chi connectivity index (χ0) is 24.6. The number of nitrogens with one attached hydrogen (secondary N) is 2. The maximum Gasteiger partial charge on any atom is 0.336 e. The van der Waals surface area contributed by atoms with E-state index in [1.807, 2.05) is 0 Å². The molecular weight excluding hydrogens is 440 g/mol. The number of amides is 1. The summed E-state index contributed by atoms with van der Waals surface area (Å²) >= 11 is 0. The lowest BCUT2D eigenvalue weighted by Gasteiger charge is -2.23. The summed E-state index contributed by atoms with van der Waals surface area (Å²) in [7, 11) is 0. The number of carboxylic acids is 1. The molecule has 4 rings (SSSR count). The number of ether oxygens (including phenoxy) is 1. The van der Waals surface area contributed by atoms with Crippen molar-refractivity contribution < 1.29 is 29.0 Å². The Labute approximate surface area is 194 Å². The van der Waals surface area contributed by atoms with E-state index < -0.39 is 29.6 Å². The molecule has 176 valence electrons. The van der Waals surface area contributed by atoms with Crippen molar-refractivity contribution in [2.75, 3.05) is 0 Å². The van der Waals surface area contributed by atoms with Crippen LogP contribution in [0.15, 0.2) is 51.8 Å². The first-order chi connectivity index (χ1) is 16.1. The highest BCUT2D eigenvalue weighted by Crippen LogP contribution is 2.29. The Hall–Kier alpha value is -4.27. The van der Waals surface area contributed by atoms with Gasteiger partial charge in [-0.2, -0.15) is 0 Å². The third kappa shape index (κ3) is 4.45. The Bertz CT molecular complexity index is 1470. The second-order valence-electron chi connectivity index (χ2n) is 8.20. The van der Waals surface area contributed by atoms with Crippen molar-refractivity contribution >= 4 is 33.7 Å². The number of aryl methyl sites for hydroxylation is 2. The summed E-state index contributed by atoms with van der Waals surface area (Å²) in [6, 6.07) is 8.18. The average molecular weight is 463 g/mol. The van der Waals surface area contributed by atoms with Crippen molar-refractivity contribution in [2.24, 2.45) is 0 Å². The first-order valence-corrected chi connectivity index (χ1v) is 10.6. The van der Waals surface area contributed by atoms with Crippen LogP contribution in [-0.2, 0) is 16.0 Å². The fourth-order valence-corrected chi connectivity index (χ4v) is 3.91. The Morgan fingerprint density at radius 2 is 1.94 bits per heavy atom. The maximum atomic E-state index is 12.7. The number of benzene rings is 2. The lowest BCUT2D eigenvalue weighted by atomic mass is 10.0. The SMILES string of the molecule is Cc1cc(=O)oc2c(C)c(O[C@H](C)C(=O)N[C@@H](Cc3c[nH]c4ccc(O)cc34)C(=O)[O-])ccc12. The molecule has 9 nitrogen and oxygen atoms in total. The Balaban J connectivity index is 1.51. The van der Waals surface area contributed by atoms with E-state index in [2.05, 4.69) is 10.3 Å². The van der Waals surface area contributed by atoms with Gasteiger partial charge >= 0.3 is 5.63 Å². The van der Waals surface area contributed by atoms with E-state index in [9.17, 15) is 24.6 Å². The number of hydrogen-bond donors (Lipinski definition) is 3. The van der Waals surface area contributed by atoms with Crippen LogP contribution in [0.3, 0.4) is 0 Å². The van der Waals surface area contributed by atoms with Crippen LogP contribution in [0.4, 0.5) is 0 Å². The number of H-pyrrole nitrogens is 1. The van der Waals surface area contributed by atoms with Crippen molar-refractivity contribution in [1.29, 1.82) is 0 Å². The van der Waals surface area contributed by atoms with E-state index in [4.69, 9.17) is 9.15 Å². The molecule has 0 aliphatic rings. The molecule has 4 aromatic rings. The number of aromatic nitrogens is 1. The minimum Gasteiger partial charge on any atom is -0.548 e. The quantitative estimate of drug-likeness (QED) is 0.355. The molecule has 0 radical (unpaired) electrons. The third-order valence-corrected chi connectivity index (χ3v) is 5.77. The highest BCUT2D eigenvalue weighted by atomic mass is 16.5. The van der Waals surface area contributed by atoms with E-state index in [1.54, 1.807) is 38.2 Å². The number of phenolic OH excluding ortho intramolecular Hbond substituents is 1. The van der Waals surface area contributed by atoms with E-state index in [1.165, 1.54) is 25.1 Å². The molecule has 3 N–H and O–H groups in total. The second-order valence-corrected chi connectivity index (χ2v) is 8.20. The second kappa shape index (κ2) is 8.93. The van der Waals surface area contributed by atoms with Crippen LogP contribution >= 0.6 is 0 Å². The number of aliphatic carboxylic acids is 1. The summed E-state index contributed by atoms with van der Waals surface area (Å²) in [5.74, 6) is -1.72. The molecule has 0 aliphatic heterocycles. The Morgan fingerprint density at radius 3 is 2.68 bits per heavy atom. The van der Waals surface area contributed by atoms with Crippen LogP contribution in [0.2, 0.25) is 0 Å². The number of hydrogen-bond acceptors (Lipinski definition) is 7. The molecular formula is C25H23N2O7-. The maximum absolute atomic E-state index is 12.7.